The highest BCUT2D eigenvalue weighted by Gasteiger charge is 2.49. The summed E-state index contributed by atoms with van der Waals surface area (Å²) in [6.45, 7) is 6.23. The van der Waals surface area contributed by atoms with Crippen LogP contribution in [0.5, 0.6) is 5.75 Å². The third-order valence-corrected chi connectivity index (χ3v) is 6.83. The Bertz CT molecular complexity index is 858. The molecule has 1 aromatic heterocycles. The van der Waals surface area contributed by atoms with E-state index < -0.39 is 0 Å². The number of nitrogens with two attached hydrogens (primary N) is 2. The van der Waals surface area contributed by atoms with Gasteiger partial charge in [0.2, 0.25) is 0 Å². The summed E-state index contributed by atoms with van der Waals surface area (Å²) >= 11 is 0. The van der Waals surface area contributed by atoms with Gasteiger partial charge in [-0.05, 0) is 69.9 Å². The summed E-state index contributed by atoms with van der Waals surface area (Å²) in [6.07, 6.45) is 8.77. The molecule has 0 aliphatic heterocycles. The molecule has 0 spiro atoms. The van der Waals surface area contributed by atoms with Gasteiger partial charge in [0.05, 0.1) is 28.9 Å². The summed E-state index contributed by atoms with van der Waals surface area (Å²) in [5.41, 5.74) is 8.58. The average molecular weight is 460 g/mol. The number of rotatable bonds is 9. The van der Waals surface area contributed by atoms with Crippen molar-refractivity contribution < 1.29 is 14.3 Å². The largest absolute Gasteiger partial charge is 0.489 e. The SMILES string of the molecule is Cc1nc(/C(N)=C(\COC(=O)N(C)C2(CC(C)C)CC2)N(C)N)ccc1OC1CCCCC1. The monoisotopic (exact) mass is 459 g/mol. The number of aromatic nitrogens is 1. The number of nitrogens with zero attached hydrogens (tertiary/aromatic N) is 3. The average Bonchev–Trinajstić information content (AvgIpc) is 3.54. The summed E-state index contributed by atoms with van der Waals surface area (Å²) in [6, 6.07) is 3.75. The number of pyridine rings is 1. The predicted octanol–water partition coefficient (Wildman–Crippen LogP) is 4.18. The van der Waals surface area contributed by atoms with Crippen LogP contribution in [0.3, 0.4) is 0 Å². The Morgan fingerprint density at radius 1 is 1.21 bits per heavy atom. The highest BCUT2D eigenvalue weighted by atomic mass is 16.6. The quantitative estimate of drug-likeness (QED) is 0.421. The second-order valence-electron chi connectivity index (χ2n) is 10.1. The van der Waals surface area contributed by atoms with Crippen molar-refractivity contribution in [2.75, 3.05) is 20.7 Å². The van der Waals surface area contributed by atoms with Crippen molar-refractivity contribution in [1.29, 1.82) is 0 Å². The van der Waals surface area contributed by atoms with Gasteiger partial charge in [-0.15, -0.1) is 0 Å². The molecule has 2 aliphatic carbocycles. The van der Waals surface area contributed by atoms with E-state index in [4.69, 9.17) is 21.1 Å². The molecular weight excluding hydrogens is 418 g/mol. The third-order valence-electron chi connectivity index (χ3n) is 6.83. The van der Waals surface area contributed by atoms with Crippen LogP contribution >= 0.6 is 0 Å². The molecule has 0 atom stereocenters. The lowest BCUT2D eigenvalue weighted by Crippen LogP contribution is -2.41. The zero-order valence-electron chi connectivity index (χ0n) is 20.9. The van der Waals surface area contributed by atoms with Gasteiger partial charge in [-0.25, -0.2) is 15.6 Å². The topological polar surface area (TPSA) is 107 Å². The van der Waals surface area contributed by atoms with Gasteiger partial charge in [-0.3, -0.25) is 0 Å². The minimum atomic E-state index is -0.360. The number of likely N-dealkylation sites (N-methyl/N-ethyl adjacent to an activating group) is 1. The number of carbonyl (C=O) groups excluding carboxylic acids is 1. The fourth-order valence-corrected chi connectivity index (χ4v) is 4.70. The standard InChI is InChI=1S/C25H41N5O3/c1-17(2)15-25(13-14-25)29(4)24(31)32-16-21(30(5)27)23(26)20-11-12-22(18(3)28-20)33-19-9-7-6-8-10-19/h11-12,17,19H,6-10,13-16,26-27H2,1-5H3/b23-21-. The zero-order valence-corrected chi connectivity index (χ0v) is 20.9. The Labute approximate surface area is 198 Å². The van der Waals surface area contributed by atoms with Gasteiger partial charge < -0.3 is 25.1 Å². The molecule has 4 N–H and O–H groups in total. The first-order chi connectivity index (χ1) is 15.6. The van der Waals surface area contributed by atoms with Crippen LogP contribution < -0.4 is 16.3 Å². The summed E-state index contributed by atoms with van der Waals surface area (Å²) in [7, 11) is 3.49. The maximum absolute atomic E-state index is 12.7. The molecule has 33 heavy (non-hydrogen) atoms. The van der Waals surface area contributed by atoms with E-state index in [-0.39, 0.29) is 24.3 Å². The van der Waals surface area contributed by atoms with Crippen LogP contribution in [-0.2, 0) is 4.74 Å². The second-order valence-corrected chi connectivity index (χ2v) is 10.1. The minimum absolute atomic E-state index is 0.0270. The molecule has 2 saturated carbocycles. The lowest BCUT2D eigenvalue weighted by atomic mass is 9.98. The highest BCUT2D eigenvalue weighted by molar-refractivity contribution is 5.70. The molecule has 2 aliphatic rings. The fourth-order valence-electron chi connectivity index (χ4n) is 4.70. The van der Waals surface area contributed by atoms with E-state index in [0.29, 0.717) is 23.0 Å². The second kappa shape index (κ2) is 10.6. The molecule has 184 valence electrons. The molecule has 8 nitrogen and oxygen atoms in total. The van der Waals surface area contributed by atoms with Crippen LogP contribution in [0.2, 0.25) is 0 Å². The van der Waals surface area contributed by atoms with E-state index in [1.54, 1.807) is 11.9 Å². The number of hydrogen-bond donors (Lipinski definition) is 2. The van der Waals surface area contributed by atoms with Crippen LogP contribution in [0.25, 0.3) is 5.70 Å². The van der Waals surface area contributed by atoms with Gasteiger partial charge in [0.25, 0.3) is 0 Å². The van der Waals surface area contributed by atoms with E-state index in [1.165, 1.54) is 24.3 Å². The van der Waals surface area contributed by atoms with Crippen molar-refractivity contribution in [2.45, 2.75) is 83.8 Å². The zero-order chi connectivity index (χ0) is 24.2. The van der Waals surface area contributed by atoms with Crippen molar-refractivity contribution in [2.24, 2.45) is 17.5 Å². The number of amides is 1. The van der Waals surface area contributed by atoms with Gasteiger partial charge in [0, 0.05) is 19.6 Å². The normalized spacial score (nSPS) is 18.5. The van der Waals surface area contributed by atoms with Crippen LogP contribution in [-0.4, -0.2) is 53.3 Å². The van der Waals surface area contributed by atoms with E-state index >= 15 is 0 Å². The molecule has 0 bridgehead atoms. The Hall–Kier alpha value is -2.48. The molecular formula is C25H41N5O3. The maximum Gasteiger partial charge on any atom is 0.410 e. The summed E-state index contributed by atoms with van der Waals surface area (Å²) in [4.78, 5) is 19.1. The highest BCUT2D eigenvalue weighted by Crippen LogP contribution is 2.46. The molecule has 0 aromatic carbocycles. The Morgan fingerprint density at radius 3 is 2.42 bits per heavy atom. The van der Waals surface area contributed by atoms with Crippen molar-refractivity contribution in [1.82, 2.24) is 14.9 Å². The van der Waals surface area contributed by atoms with E-state index in [9.17, 15) is 4.79 Å². The van der Waals surface area contributed by atoms with Crippen LogP contribution in [0.1, 0.15) is 76.6 Å². The first-order valence-electron chi connectivity index (χ1n) is 12.2. The lowest BCUT2D eigenvalue weighted by molar-refractivity contribution is 0.0893. The van der Waals surface area contributed by atoms with Crippen LogP contribution in [0.4, 0.5) is 4.79 Å². The number of aryl methyl sites for hydroxylation is 1. The third kappa shape index (κ3) is 6.31. The number of ether oxygens (including phenoxy) is 2. The molecule has 1 amide bonds. The maximum atomic E-state index is 12.7. The van der Waals surface area contributed by atoms with Crippen molar-refractivity contribution in [3.8, 4) is 5.75 Å². The lowest BCUT2D eigenvalue weighted by Gasteiger charge is -2.29. The van der Waals surface area contributed by atoms with Gasteiger partial charge in [0.1, 0.15) is 12.4 Å². The minimum Gasteiger partial charge on any atom is -0.489 e. The van der Waals surface area contributed by atoms with E-state index in [0.717, 1.165) is 43.5 Å². The number of hydrogen-bond acceptors (Lipinski definition) is 7. The van der Waals surface area contributed by atoms with Gasteiger partial charge >= 0.3 is 6.09 Å². The first kappa shape index (κ1) is 25.1. The predicted molar refractivity (Wildman–Crippen MR) is 130 cm³/mol. The first-order valence-corrected chi connectivity index (χ1v) is 12.2. The Balaban J connectivity index is 1.68. The smallest absolute Gasteiger partial charge is 0.410 e. The van der Waals surface area contributed by atoms with Gasteiger partial charge in [-0.2, -0.15) is 0 Å². The number of hydrazine groups is 1. The van der Waals surface area contributed by atoms with Crippen molar-refractivity contribution >= 4 is 11.8 Å². The molecule has 3 rings (SSSR count). The molecule has 0 radical (unpaired) electrons. The summed E-state index contributed by atoms with van der Waals surface area (Å²) in [5, 5.41) is 1.38. The van der Waals surface area contributed by atoms with Crippen LogP contribution in [0, 0.1) is 12.8 Å². The van der Waals surface area contributed by atoms with E-state index in [2.05, 4.69) is 18.8 Å². The molecule has 0 unspecified atom stereocenters. The Morgan fingerprint density at radius 2 is 1.88 bits per heavy atom. The van der Waals surface area contributed by atoms with Crippen LogP contribution in [0.15, 0.2) is 17.8 Å². The Kier molecular flexibility index (Phi) is 8.10. The summed E-state index contributed by atoms with van der Waals surface area (Å²) in [5.74, 6) is 7.33. The van der Waals surface area contributed by atoms with Crippen molar-refractivity contribution in [3.05, 3.63) is 29.2 Å². The van der Waals surface area contributed by atoms with Gasteiger partial charge in [-0.1, -0.05) is 20.3 Å². The molecule has 2 fully saturated rings. The molecule has 0 saturated heterocycles. The van der Waals surface area contributed by atoms with E-state index in [1.807, 2.05) is 26.1 Å². The molecule has 1 aromatic rings. The molecule has 8 heteroatoms. The van der Waals surface area contributed by atoms with Gasteiger partial charge in [0.15, 0.2) is 0 Å². The summed E-state index contributed by atoms with van der Waals surface area (Å²) < 4.78 is 11.8. The van der Waals surface area contributed by atoms with Crippen molar-refractivity contribution in [3.63, 3.8) is 0 Å². The fraction of sp³-hybridized carbons (Fsp3) is 0.680. The molecule has 1 heterocycles. The number of carbonyl (C=O) groups is 1.